The van der Waals surface area contributed by atoms with E-state index in [1.165, 1.54) is 0 Å². The fraction of sp³-hybridized carbons (Fsp3) is 0.261. The summed E-state index contributed by atoms with van der Waals surface area (Å²) in [5.74, 6) is 2.43. The van der Waals surface area contributed by atoms with E-state index in [1.807, 2.05) is 30.3 Å². The van der Waals surface area contributed by atoms with Crippen LogP contribution in [0.15, 0.2) is 48.7 Å². The van der Waals surface area contributed by atoms with Gasteiger partial charge in [-0.1, -0.05) is 0 Å². The van der Waals surface area contributed by atoms with Crippen molar-refractivity contribution in [1.82, 2.24) is 9.97 Å². The number of hydrogen-bond donors (Lipinski definition) is 1. The van der Waals surface area contributed by atoms with E-state index < -0.39 is 0 Å². The summed E-state index contributed by atoms with van der Waals surface area (Å²) in [7, 11) is 0. The summed E-state index contributed by atoms with van der Waals surface area (Å²) in [5, 5.41) is 12.8. The maximum atomic E-state index is 9.62. The molecule has 8 heteroatoms. The van der Waals surface area contributed by atoms with Gasteiger partial charge in [0.15, 0.2) is 11.5 Å². The fourth-order valence-electron chi connectivity index (χ4n) is 3.54. The number of anilines is 2. The molecule has 0 bridgehead atoms. The van der Waals surface area contributed by atoms with Crippen molar-refractivity contribution < 1.29 is 18.9 Å². The van der Waals surface area contributed by atoms with Gasteiger partial charge in [0.1, 0.15) is 17.9 Å². The van der Waals surface area contributed by atoms with Crippen LogP contribution in [-0.2, 0) is 4.74 Å². The molecule has 0 radical (unpaired) electrons. The molecule has 5 rings (SSSR count). The third kappa shape index (κ3) is 4.22. The van der Waals surface area contributed by atoms with Crippen molar-refractivity contribution in [2.24, 2.45) is 0 Å². The Hall–Kier alpha value is -3.83. The highest BCUT2D eigenvalue weighted by atomic mass is 16.7. The van der Waals surface area contributed by atoms with Gasteiger partial charge in [-0.2, -0.15) is 5.26 Å². The quantitative estimate of drug-likeness (QED) is 0.665. The number of nitrogens with zero attached hydrogens (tertiary/aromatic N) is 3. The Bertz CT molecular complexity index is 1140. The number of hydrogen-bond acceptors (Lipinski definition) is 8. The van der Waals surface area contributed by atoms with Crippen molar-refractivity contribution in [2.75, 3.05) is 25.3 Å². The van der Waals surface area contributed by atoms with Gasteiger partial charge in [0.05, 0.1) is 24.5 Å². The Morgan fingerprint density at radius 2 is 1.90 bits per heavy atom. The van der Waals surface area contributed by atoms with Gasteiger partial charge in [0, 0.05) is 36.4 Å². The number of fused-ring (bicyclic) bond motifs is 1. The first-order chi connectivity index (χ1) is 15.3. The zero-order valence-electron chi connectivity index (χ0n) is 16.7. The average molecular weight is 416 g/mol. The number of rotatable bonds is 5. The summed E-state index contributed by atoms with van der Waals surface area (Å²) >= 11 is 0. The zero-order chi connectivity index (χ0) is 21.0. The minimum atomic E-state index is 0.0725. The molecule has 0 saturated carbocycles. The molecule has 0 spiro atoms. The molecule has 1 fully saturated rings. The highest BCUT2D eigenvalue weighted by Gasteiger charge is 2.18. The molecule has 0 atom stereocenters. The largest absolute Gasteiger partial charge is 0.489 e. The van der Waals surface area contributed by atoms with Gasteiger partial charge in [-0.15, -0.1) is 0 Å². The summed E-state index contributed by atoms with van der Waals surface area (Å²) < 4.78 is 22.2. The van der Waals surface area contributed by atoms with Crippen LogP contribution in [0.5, 0.6) is 17.2 Å². The van der Waals surface area contributed by atoms with E-state index in [0.717, 1.165) is 24.1 Å². The molecule has 8 nitrogen and oxygen atoms in total. The van der Waals surface area contributed by atoms with Gasteiger partial charge in [-0.25, -0.2) is 9.97 Å². The smallest absolute Gasteiger partial charge is 0.231 e. The van der Waals surface area contributed by atoms with Crippen molar-refractivity contribution in [2.45, 2.75) is 18.9 Å². The lowest BCUT2D eigenvalue weighted by molar-refractivity contribution is 0.0254. The van der Waals surface area contributed by atoms with Gasteiger partial charge in [-0.05, 0) is 36.4 Å². The van der Waals surface area contributed by atoms with Crippen LogP contribution in [0.25, 0.3) is 11.3 Å². The minimum absolute atomic E-state index is 0.0725. The summed E-state index contributed by atoms with van der Waals surface area (Å²) in [6, 6.07) is 15.1. The Balaban J connectivity index is 1.36. The molecule has 2 aliphatic rings. The van der Waals surface area contributed by atoms with E-state index in [-0.39, 0.29) is 12.9 Å². The van der Waals surface area contributed by atoms with Gasteiger partial charge in [0.25, 0.3) is 0 Å². The second kappa shape index (κ2) is 8.50. The van der Waals surface area contributed by atoms with Gasteiger partial charge < -0.3 is 24.3 Å². The van der Waals surface area contributed by atoms with Gasteiger partial charge in [-0.3, -0.25) is 0 Å². The first-order valence-electron chi connectivity index (χ1n) is 10.1. The van der Waals surface area contributed by atoms with Crippen LogP contribution in [0, 0.1) is 11.3 Å². The molecule has 1 N–H and O–H groups in total. The maximum absolute atomic E-state index is 9.62. The van der Waals surface area contributed by atoms with Crippen LogP contribution >= 0.6 is 0 Å². The molecule has 2 aliphatic heterocycles. The van der Waals surface area contributed by atoms with Crippen LogP contribution in [0.2, 0.25) is 0 Å². The third-order valence-corrected chi connectivity index (χ3v) is 5.14. The van der Waals surface area contributed by atoms with Crippen LogP contribution in [0.3, 0.4) is 0 Å². The van der Waals surface area contributed by atoms with E-state index >= 15 is 0 Å². The number of benzene rings is 2. The lowest BCUT2D eigenvalue weighted by atomic mass is 10.1. The van der Waals surface area contributed by atoms with E-state index in [2.05, 4.69) is 21.4 Å². The average Bonchev–Trinajstić information content (AvgIpc) is 3.28. The SMILES string of the molecule is N#Cc1cc(-c2ccnc(Nc3ccc4c(c3)OCO4)n2)ccc1OC1CCOCC1. The molecule has 31 heavy (non-hydrogen) atoms. The minimum Gasteiger partial charge on any atom is -0.489 e. The lowest BCUT2D eigenvalue weighted by Gasteiger charge is -2.23. The lowest BCUT2D eigenvalue weighted by Crippen LogP contribution is -2.26. The Kier molecular flexibility index (Phi) is 5.25. The third-order valence-electron chi connectivity index (χ3n) is 5.14. The summed E-state index contributed by atoms with van der Waals surface area (Å²) in [6.45, 7) is 1.59. The predicted molar refractivity (Wildman–Crippen MR) is 112 cm³/mol. The monoisotopic (exact) mass is 416 g/mol. The maximum Gasteiger partial charge on any atom is 0.231 e. The normalized spacial score (nSPS) is 15.3. The molecule has 2 aromatic carbocycles. The Labute approximate surface area is 179 Å². The predicted octanol–water partition coefficient (Wildman–Crippen LogP) is 4.05. The summed E-state index contributed by atoms with van der Waals surface area (Å²) in [4.78, 5) is 8.89. The molecule has 0 amide bonds. The highest BCUT2D eigenvalue weighted by Crippen LogP contribution is 2.35. The first-order valence-corrected chi connectivity index (χ1v) is 10.1. The van der Waals surface area contributed by atoms with E-state index in [0.29, 0.717) is 47.7 Å². The standard InChI is InChI=1S/C23H20N4O4/c24-13-16-11-15(1-3-20(16)31-18-6-9-28-10-7-18)19-5-8-25-23(27-19)26-17-2-4-21-22(12-17)30-14-29-21/h1-5,8,11-12,18H,6-7,9-10,14H2,(H,25,26,27). The van der Waals surface area contributed by atoms with Gasteiger partial charge in [0.2, 0.25) is 12.7 Å². The molecular formula is C23H20N4O4. The van der Waals surface area contributed by atoms with E-state index in [4.69, 9.17) is 18.9 Å². The van der Waals surface area contributed by atoms with Crippen molar-refractivity contribution in [1.29, 1.82) is 5.26 Å². The molecular weight excluding hydrogens is 396 g/mol. The number of aromatic nitrogens is 2. The summed E-state index contributed by atoms with van der Waals surface area (Å²) in [6.07, 6.45) is 3.40. The van der Waals surface area contributed by atoms with E-state index in [1.54, 1.807) is 18.3 Å². The highest BCUT2D eigenvalue weighted by molar-refractivity contribution is 5.66. The topological polar surface area (TPSA) is 98.5 Å². The van der Waals surface area contributed by atoms with Crippen molar-refractivity contribution in [3.05, 3.63) is 54.2 Å². The second-order valence-electron chi connectivity index (χ2n) is 7.21. The van der Waals surface area contributed by atoms with Gasteiger partial charge >= 0.3 is 0 Å². The zero-order valence-corrected chi connectivity index (χ0v) is 16.7. The van der Waals surface area contributed by atoms with Crippen LogP contribution in [0.4, 0.5) is 11.6 Å². The molecule has 3 aromatic rings. The molecule has 0 unspecified atom stereocenters. The van der Waals surface area contributed by atoms with Crippen LogP contribution in [0.1, 0.15) is 18.4 Å². The molecule has 3 heterocycles. The Morgan fingerprint density at radius 3 is 2.77 bits per heavy atom. The molecule has 1 saturated heterocycles. The van der Waals surface area contributed by atoms with Crippen molar-refractivity contribution >= 4 is 11.6 Å². The molecule has 156 valence electrons. The number of nitrogens with one attached hydrogen (secondary N) is 1. The first kappa shape index (κ1) is 19.2. The van der Waals surface area contributed by atoms with Crippen LogP contribution < -0.4 is 19.5 Å². The molecule has 0 aliphatic carbocycles. The molecule has 1 aromatic heterocycles. The second-order valence-corrected chi connectivity index (χ2v) is 7.21. The van der Waals surface area contributed by atoms with E-state index in [9.17, 15) is 5.26 Å². The van der Waals surface area contributed by atoms with Crippen LogP contribution in [-0.4, -0.2) is 36.1 Å². The van der Waals surface area contributed by atoms with Crippen molar-refractivity contribution in [3.8, 4) is 34.6 Å². The number of nitriles is 1. The number of ether oxygens (including phenoxy) is 4. The fourth-order valence-corrected chi connectivity index (χ4v) is 3.54. The Morgan fingerprint density at radius 1 is 1.03 bits per heavy atom. The summed E-state index contributed by atoms with van der Waals surface area (Å²) in [5.41, 5.74) is 2.78. The van der Waals surface area contributed by atoms with Crippen molar-refractivity contribution in [3.63, 3.8) is 0 Å².